The van der Waals surface area contributed by atoms with E-state index >= 15 is 0 Å². The summed E-state index contributed by atoms with van der Waals surface area (Å²) in [6, 6.07) is -0.126. The third-order valence-electron chi connectivity index (χ3n) is 4.53. The fraction of sp³-hybridized carbons (Fsp3) is 0.875. The summed E-state index contributed by atoms with van der Waals surface area (Å²) in [5.41, 5.74) is 0. The van der Waals surface area contributed by atoms with Crippen LogP contribution in [0, 0.1) is 0 Å². The third kappa shape index (κ3) is 5.66. The van der Waals surface area contributed by atoms with Gasteiger partial charge in [-0.2, -0.15) is 0 Å². The maximum absolute atomic E-state index is 12.0. The summed E-state index contributed by atoms with van der Waals surface area (Å²) in [6.45, 7) is 2.44. The molecule has 7 heteroatoms. The molecule has 2 aliphatic rings. The van der Waals surface area contributed by atoms with E-state index in [0.717, 1.165) is 19.3 Å². The number of aliphatic hydroxyl groups excluding tert-OH is 1. The number of amides is 3. The Morgan fingerprint density at radius 2 is 1.96 bits per heavy atom. The number of rotatable bonds is 7. The molecule has 1 heterocycles. The molecule has 0 spiro atoms. The molecule has 0 radical (unpaired) electrons. The quantitative estimate of drug-likeness (QED) is 0.552. The van der Waals surface area contributed by atoms with E-state index in [-0.39, 0.29) is 30.7 Å². The molecule has 0 aromatic rings. The molecule has 1 aliphatic carbocycles. The average molecular weight is 327 g/mol. The van der Waals surface area contributed by atoms with Gasteiger partial charge in [0.1, 0.15) is 6.10 Å². The van der Waals surface area contributed by atoms with E-state index in [0.29, 0.717) is 31.8 Å². The molecule has 2 rings (SSSR count). The molecule has 2 fully saturated rings. The summed E-state index contributed by atoms with van der Waals surface area (Å²) in [4.78, 5) is 23.7. The minimum Gasteiger partial charge on any atom is -0.394 e. The lowest BCUT2D eigenvalue weighted by atomic mass is 9.92. The molecule has 0 aromatic heterocycles. The second kappa shape index (κ2) is 9.08. The van der Waals surface area contributed by atoms with Gasteiger partial charge in [-0.1, -0.05) is 6.92 Å². The molecule has 0 aromatic carbocycles. The highest BCUT2D eigenvalue weighted by Gasteiger charge is 2.33. The first kappa shape index (κ1) is 18.0. The van der Waals surface area contributed by atoms with Gasteiger partial charge in [0.25, 0.3) is 0 Å². The minimum absolute atomic E-state index is 0.0171. The molecule has 0 unspecified atom stereocenters. The first-order chi connectivity index (χ1) is 11.1. The average Bonchev–Trinajstić information content (AvgIpc) is 2.50. The van der Waals surface area contributed by atoms with Crippen molar-refractivity contribution in [3.63, 3.8) is 0 Å². The lowest BCUT2D eigenvalue weighted by Gasteiger charge is -2.36. The normalized spacial score (nSPS) is 27.8. The summed E-state index contributed by atoms with van der Waals surface area (Å²) in [6.07, 6.45) is 5.26. The number of hydrogen-bond donors (Lipinski definition) is 4. The van der Waals surface area contributed by atoms with E-state index in [1.807, 2.05) is 6.92 Å². The summed E-state index contributed by atoms with van der Waals surface area (Å²) in [5.74, 6) is 0.0171. The van der Waals surface area contributed by atoms with Crippen molar-refractivity contribution in [2.75, 3.05) is 13.2 Å². The van der Waals surface area contributed by atoms with Crippen molar-refractivity contribution in [3.05, 3.63) is 0 Å². The van der Waals surface area contributed by atoms with Crippen LogP contribution in [0.25, 0.3) is 0 Å². The molecule has 23 heavy (non-hydrogen) atoms. The van der Waals surface area contributed by atoms with E-state index in [4.69, 9.17) is 4.74 Å². The number of aliphatic hydroxyl groups is 1. The standard InChI is InChI=1S/C16H29N3O4/c1-2-8-17-16(22)19-13-7-6-12(23-14(13)10-20)9-15(21)18-11-4-3-5-11/h11-14,20H,2-10H2,1H3,(H,18,21)(H2,17,19,22)/t12-,13-,14+/m1/s1. The summed E-state index contributed by atoms with van der Waals surface area (Å²) in [7, 11) is 0. The van der Waals surface area contributed by atoms with E-state index in [1.54, 1.807) is 0 Å². The van der Waals surface area contributed by atoms with Crippen LogP contribution in [-0.4, -0.2) is 54.5 Å². The van der Waals surface area contributed by atoms with Gasteiger partial charge in [-0.25, -0.2) is 4.79 Å². The smallest absolute Gasteiger partial charge is 0.315 e. The predicted molar refractivity (Wildman–Crippen MR) is 86.0 cm³/mol. The van der Waals surface area contributed by atoms with Crippen LogP contribution in [0.2, 0.25) is 0 Å². The van der Waals surface area contributed by atoms with Gasteiger partial charge in [-0.3, -0.25) is 4.79 Å². The van der Waals surface area contributed by atoms with Gasteiger partial charge in [0, 0.05) is 12.6 Å². The SMILES string of the molecule is CCCNC(=O)N[C@@H]1CC[C@H](CC(=O)NC2CCC2)O[C@H]1CO. The molecule has 7 nitrogen and oxygen atoms in total. The number of ether oxygens (including phenoxy) is 1. The van der Waals surface area contributed by atoms with E-state index in [2.05, 4.69) is 16.0 Å². The minimum atomic E-state index is -0.461. The first-order valence-corrected chi connectivity index (χ1v) is 8.72. The second-order valence-electron chi connectivity index (χ2n) is 6.46. The first-order valence-electron chi connectivity index (χ1n) is 8.72. The fourth-order valence-corrected chi connectivity index (χ4v) is 2.95. The Balaban J connectivity index is 1.73. The van der Waals surface area contributed by atoms with Crippen LogP contribution in [0.3, 0.4) is 0 Å². The van der Waals surface area contributed by atoms with Crippen LogP contribution in [0.4, 0.5) is 4.79 Å². The van der Waals surface area contributed by atoms with Crippen molar-refractivity contribution in [2.45, 2.75) is 76.2 Å². The Bertz CT molecular complexity index is 401. The van der Waals surface area contributed by atoms with Gasteiger partial charge >= 0.3 is 6.03 Å². The van der Waals surface area contributed by atoms with Crippen molar-refractivity contribution >= 4 is 11.9 Å². The second-order valence-corrected chi connectivity index (χ2v) is 6.46. The number of carbonyl (C=O) groups excluding carboxylic acids is 2. The molecule has 3 atom stereocenters. The van der Waals surface area contributed by atoms with Crippen LogP contribution in [0.1, 0.15) is 51.9 Å². The Morgan fingerprint density at radius 3 is 2.57 bits per heavy atom. The summed E-state index contributed by atoms with van der Waals surface area (Å²) in [5, 5.41) is 18.1. The molecule has 1 aliphatic heterocycles. The van der Waals surface area contributed by atoms with Crippen molar-refractivity contribution < 1.29 is 19.4 Å². The number of hydrogen-bond acceptors (Lipinski definition) is 4. The molecule has 132 valence electrons. The molecular weight excluding hydrogens is 298 g/mol. The largest absolute Gasteiger partial charge is 0.394 e. The van der Waals surface area contributed by atoms with Crippen LogP contribution in [-0.2, 0) is 9.53 Å². The van der Waals surface area contributed by atoms with Crippen LogP contribution >= 0.6 is 0 Å². The highest BCUT2D eigenvalue weighted by molar-refractivity contribution is 5.77. The highest BCUT2D eigenvalue weighted by Crippen LogP contribution is 2.23. The molecule has 0 bridgehead atoms. The van der Waals surface area contributed by atoms with Gasteiger partial charge in [0.15, 0.2) is 0 Å². The van der Waals surface area contributed by atoms with Crippen molar-refractivity contribution in [3.8, 4) is 0 Å². The van der Waals surface area contributed by atoms with E-state index in [1.165, 1.54) is 6.42 Å². The Morgan fingerprint density at radius 1 is 1.17 bits per heavy atom. The zero-order chi connectivity index (χ0) is 16.7. The lowest BCUT2D eigenvalue weighted by Crippen LogP contribution is -2.54. The van der Waals surface area contributed by atoms with E-state index < -0.39 is 6.10 Å². The molecule has 4 N–H and O–H groups in total. The van der Waals surface area contributed by atoms with Gasteiger partial charge in [-0.15, -0.1) is 0 Å². The molecular formula is C16H29N3O4. The Labute approximate surface area is 137 Å². The summed E-state index contributed by atoms with van der Waals surface area (Å²) < 4.78 is 5.80. The van der Waals surface area contributed by atoms with Crippen molar-refractivity contribution in [1.82, 2.24) is 16.0 Å². The molecule has 1 saturated carbocycles. The topological polar surface area (TPSA) is 99.7 Å². The number of nitrogens with one attached hydrogen (secondary N) is 3. The van der Waals surface area contributed by atoms with Crippen LogP contribution in [0.5, 0.6) is 0 Å². The van der Waals surface area contributed by atoms with Crippen LogP contribution < -0.4 is 16.0 Å². The maximum atomic E-state index is 12.0. The Hall–Kier alpha value is -1.34. The fourth-order valence-electron chi connectivity index (χ4n) is 2.95. The zero-order valence-electron chi connectivity index (χ0n) is 13.8. The number of urea groups is 1. The lowest BCUT2D eigenvalue weighted by molar-refractivity contribution is -0.131. The maximum Gasteiger partial charge on any atom is 0.315 e. The van der Waals surface area contributed by atoms with Crippen molar-refractivity contribution in [1.29, 1.82) is 0 Å². The molecule has 3 amide bonds. The van der Waals surface area contributed by atoms with Gasteiger partial charge in [0.05, 0.1) is 25.2 Å². The van der Waals surface area contributed by atoms with Gasteiger partial charge < -0.3 is 25.8 Å². The van der Waals surface area contributed by atoms with Gasteiger partial charge in [-0.05, 0) is 38.5 Å². The van der Waals surface area contributed by atoms with E-state index in [9.17, 15) is 14.7 Å². The number of carbonyl (C=O) groups is 2. The zero-order valence-corrected chi connectivity index (χ0v) is 13.8. The highest BCUT2D eigenvalue weighted by atomic mass is 16.5. The predicted octanol–water partition coefficient (Wildman–Crippen LogP) is 0.663. The Kier molecular flexibility index (Phi) is 7.11. The van der Waals surface area contributed by atoms with Crippen molar-refractivity contribution in [2.24, 2.45) is 0 Å². The van der Waals surface area contributed by atoms with Crippen LogP contribution in [0.15, 0.2) is 0 Å². The van der Waals surface area contributed by atoms with Gasteiger partial charge in [0.2, 0.25) is 5.91 Å². The molecule has 1 saturated heterocycles. The monoisotopic (exact) mass is 327 g/mol. The third-order valence-corrected chi connectivity index (χ3v) is 4.53. The summed E-state index contributed by atoms with van der Waals surface area (Å²) >= 11 is 0.